The van der Waals surface area contributed by atoms with Gasteiger partial charge in [0.1, 0.15) is 5.00 Å². The predicted octanol–water partition coefficient (Wildman–Crippen LogP) is 3.15. The first-order valence-corrected chi connectivity index (χ1v) is 8.40. The minimum atomic E-state index is -1.03. The Morgan fingerprint density at radius 2 is 1.87 bits per heavy atom. The molecule has 0 unspecified atom stereocenters. The summed E-state index contributed by atoms with van der Waals surface area (Å²) in [5.74, 6) is -1.18. The first kappa shape index (κ1) is 15.7. The zero-order valence-electron chi connectivity index (χ0n) is 12.6. The Bertz CT molecular complexity index is 706. The highest BCUT2D eigenvalue weighted by atomic mass is 32.1. The van der Waals surface area contributed by atoms with E-state index in [1.54, 1.807) is 6.07 Å². The number of carbonyl (C=O) groups excluding carboxylic acids is 1. The average molecular weight is 330 g/mol. The first-order chi connectivity index (χ1) is 11.1. The standard InChI is InChI=1S/C17H18N2O3S/c20-15(11-19-8-4-5-9-19)18-16-13(17(21)22)10-14(23-16)12-6-2-1-3-7-12/h1-3,6-7,10H,4-5,8-9,11H2,(H,18,20)(H,21,22). The lowest BCUT2D eigenvalue weighted by molar-refractivity contribution is -0.117. The Balaban J connectivity index is 1.78. The Morgan fingerprint density at radius 3 is 2.52 bits per heavy atom. The topological polar surface area (TPSA) is 69.6 Å². The highest BCUT2D eigenvalue weighted by Gasteiger charge is 2.20. The number of hydrogen-bond acceptors (Lipinski definition) is 4. The summed E-state index contributed by atoms with van der Waals surface area (Å²) in [4.78, 5) is 26.5. The first-order valence-electron chi connectivity index (χ1n) is 7.58. The summed E-state index contributed by atoms with van der Waals surface area (Å²) < 4.78 is 0. The number of anilines is 1. The Hall–Kier alpha value is -2.18. The van der Waals surface area contributed by atoms with Gasteiger partial charge in [-0.05, 0) is 37.6 Å². The molecule has 2 N–H and O–H groups in total. The van der Waals surface area contributed by atoms with Gasteiger partial charge in [-0.1, -0.05) is 30.3 Å². The van der Waals surface area contributed by atoms with E-state index in [2.05, 4.69) is 10.2 Å². The summed E-state index contributed by atoms with van der Waals surface area (Å²) >= 11 is 1.30. The lowest BCUT2D eigenvalue weighted by atomic mass is 10.1. The van der Waals surface area contributed by atoms with Crippen LogP contribution in [-0.2, 0) is 4.79 Å². The summed E-state index contributed by atoms with van der Waals surface area (Å²) in [5.41, 5.74) is 1.09. The highest BCUT2D eigenvalue weighted by Crippen LogP contribution is 2.35. The maximum Gasteiger partial charge on any atom is 0.338 e. The summed E-state index contributed by atoms with van der Waals surface area (Å²) in [6.45, 7) is 2.18. The van der Waals surface area contributed by atoms with Gasteiger partial charge in [-0.15, -0.1) is 11.3 Å². The van der Waals surface area contributed by atoms with E-state index in [-0.39, 0.29) is 11.5 Å². The van der Waals surface area contributed by atoms with Crippen LogP contribution in [-0.4, -0.2) is 41.5 Å². The molecule has 2 heterocycles. The summed E-state index contributed by atoms with van der Waals surface area (Å²) in [7, 11) is 0. The number of hydrogen-bond donors (Lipinski definition) is 2. The number of benzene rings is 1. The molecule has 120 valence electrons. The van der Waals surface area contributed by atoms with Crippen LogP contribution in [0.3, 0.4) is 0 Å². The van der Waals surface area contributed by atoms with Crippen LogP contribution < -0.4 is 5.32 Å². The Labute approximate surface area is 138 Å². The third-order valence-electron chi connectivity index (χ3n) is 3.84. The molecule has 0 atom stereocenters. The second-order valence-electron chi connectivity index (χ2n) is 5.56. The van der Waals surface area contributed by atoms with E-state index >= 15 is 0 Å². The second kappa shape index (κ2) is 6.93. The minimum Gasteiger partial charge on any atom is -0.478 e. The smallest absolute Gasteiger partial charge is 0.338 e. The number of carbonyl (C=O) groups is 2. The number of amides is 1. The van der Waals surface area contributed by atoms with E-state index in [0.717, 1.165) is 36.4 Å². The number of carboxylic acids is 1. The zero-order chi connectivity index (χ0) is 16.2. The van der Waals surface area contributed by atoms with Gasteiger partial charge in [-0.25, -0.2) is 4.79 Å². The van der Waals surface area contributed by atoms with E-state index in [4.69, 9.17) is 0 Å². The van der Waals surface area contributed by atoms with Crippen molar-refractivity contribution in [3.8, 4) is 10.4 Å². The van der Waals surface area contributed by atoms with Crippen LogP contribution in [0.5, 0.6) is 0 Å². The maximum atomic E-state index is 12.1. The number of thiophene rings is 1. The number of nitrogens with zero attached hydrogens (tertiary/aromatic N) is 1. The van der Waals surface area contributed by atoms with E-state index in [1.165, 1.54) is 11.3 Å². The van der Waals surface area contributed by atoms with Crippen LogP contribution in [0.1, 0.15) is 23.2 Å². The number of aromatic carboxylic acids is 1. The van der Waals surface area contributed by atoms with Crippen molar-refractivity contribution < 1.29 is 14.7 Å². The van der Waals surface area contributed by atoms with Crippen LogP contribution in [0.4, 0.5) is 5.00 Å². The van der Waals surface area contributed by atoms with E-state index in [0.29, 0.717) is 11.5 Å². The fourth-order valence-electron chi connectivity index (χ4n) is 2.70. The monoisotopic (exact) mass is 330 g/mol. The number of likely N-dealkylation sites (tertiary alicyclic amines) is 1. The molecule has 1 aliphatic rings. The molecule has 5 nitrogen and oxygen atoms in total. The summed E-state index contributed by atoms with van der Waals surface area (Å²) in [5, 5.41) is 12.5. The Kier molecular flexibility index (Phi) is 4.73. The molecular weight excluding hydrogens is 312 g/mol. The van der Waals surface area contributed by atoms with E-state index < -0.39 is 5.97 Å². The molecular formula is C17H18N2O3S. The molecule has 6 heteroatoms. The fraction of sp³-hybridized carbons (Fsp3) is 0.294. The number of nitrogens with one attached hydrogen (secondary N) is 1. The quantitative estimate of drug-likeness (QED) is 0.883. The average Bonchev–Trinajstić information content (AvgIpc) is 3.18. The number of rotatable bonds is 5. The van der Waals surface area contributed by atoms with Gasteiger partial charge < -0.3 is 10.4 Å². The molecule has 23 heavy (non-hydrogen) atoms. The van der Waals surface area contributed by atoms with Crippen molar-refractivity contribution in [2.75, 3.05) is 25.0 Å². The summed E-state index contributed by atoms with van der Waals surface area (Å²) in [6.07, 6.45) is 2.23. The van der Waals surface area contributed by atoms with Gasteiger partial charge in [0.15, 0.2) is 0 Å². The molecule has 2 aromatic rings. The van der Waals surface area contributed by atoms with Crippen LogP contribution in [0.25, 0.3) is 10.4 Å². The van der Waals surface area contributed by atoms with Crippen molar-refractivity contribution in [1.29, 1.82) is 0 Å². The molecule has 1 fully saturated rings. The molecule has 1 aromatic carbocycles. The largest absolute Gasteiger partial charge is 0.478 e. The highest BCUT2D eigenvalue weighted by molar-refractivity contribution is 7.20. The second-order valence-corrected chi connectivity index (χ2v) is 6.61. The van der Waals surface area contributed by atoms with Gasteiger partial charge in [-0.2, -0.15) is 0 Å². The van der Waals surface area contributed by atoms with Crippen LogP contribution in [0.2, 0.25) is 0 Å². The molecule has 0 spiro atoms. The van der Waals surface area contributed by atoms with Gasteiger partial charge in [0.05, 0.1) is 12.1 Å². The van der Waals surface area contributed by atoms with Crippen molar-refractivity contribution in [2.45, 2.75) is 12.8 Å². The molecule has 1 aromatic heterocycles. The molecule has 0 saturated carbocycles. The normalized spacial score (nSPS) is 14.8. The van der Waals surface area contributed by atoms with Gasteiger partial charge in [0.2, 0.25) is 5.91 Å². The number of carboxylic acid groups (broad SMARTS) is 1. The van der Waals surface area contributed by atoms with Crippen molar-refractivity contribution >= 4 is 28.2 Å². The SMILES string of the molecule is O=C(CN1CCCC1)Nc1sc(-c2ccccc2)cc1C(=O)O. The molecule has 0 bridgehead atoms. The minimum absolute atomic E-state index is 0.142. The van der Waals surface area contributed by atoms with Crippen LogP contribution in [0, 0.1) is 0 Å². The van der Waals surface area contributed by atoms with Gasteiger partial charge >= 0.3 is 5.97 Å². The van der Waals surface area contributed by atoms with Gasteiger partial charge in [0, 0.05) is 4.88 Å². The molecule has 3 rings (SSSR count). The zero-order valence-corrected chi connectivity index (χ0v) is 13.4. The van der Waals surface area contributed by atoms with Gasteiger partial charge in [-0.3, -0.25) is 9.69 Å². The molecule has 1 amide bonds. The van der Waals surface area contributed by atoms with Crippen LogP contribution >= 0.6 is 11.3 Å². The molecule has 1 saturated heterocycles. The van der Waals surface area contributed by atoms with Gasteiger partial charge in [0.25, 0.3) is 0 Å². The lowest BCUT2D eigenvalue weighted by Crippen LogP contribution is -2.31. The predicted molar refractivity (Wildman–Crippen MR) is 91.0 cm³/mol. The van der Waals surface area contributed by atoms with Crippen molar-refractivity contribution in [2.24, 2.45) is 0 Å². The maximum absolute atomic E-state index is 12.1. The Morgan fingerprint density at radius 1 is 1.17 bits per heavy atom. The van der Waals surface area contributed by atoms with E-state index in [1.807, 2.05) is 30.3 Å². The van der Waals surface area contributed by atoms with Crippen LogP contribution in [0.15, 0.2) is 36.4 Å². The summed E-state index contributed by atoms with van der Waals surface area (Å²) in [6, 6.07) is 11.2. The molecule has 1 aliphatic heterocycles. The van der Waals surface area contributed by atoms with E-state index in [9.17, 15) is 14.7 Å². The third kappa shape index (κ3) is 3.78. The van der Waals surface area contributed by atoms with Crippen molar-refractivity contribution in [1.82, 2.24) is 4.90 Å². The van der Waals surface area contributed by atoms with Crippen molar-refractivity contribution in [3.63, 3.8) is 0 Å². The molecule has 0 radical (unpaired) electrons. The van der Waals surface area contributed by atoms with Crippen molar-refractivity contribution in [3.05, 3.63) is 42.0 Å². The third-order valence-corrected chi connectivity index (χ3v) is 4.94. The fourth-order valence-corrected chi connectivity index (χ4v) is 3.77. The lowest BCUT2D eigenvalue weighted by Gasteiger charge is -2.13. The molecule has 0 aliphatic carbocycles.